The molecule has 19 heavy (non-hydrogen) atoms. The fraction of sp³-hybridized carbons (Fsp3) is 0.167. The van der Waals surface area contributed by atoms with Gasteiger partial charge in [0.05, 0.1) is 16.2 Å². The maximum absolute atomic E-state index is 13.5. The highest BCUT2D eigenvalue weighted by atomic mass is 35.5. The van der Waals surface area contributed by atoms with E-state index in [2.05, 4.69) is 15.3 Å². The van der Waals surface area contributed by atoms with E-state index in [1.165, 1.54) is 6.07 Å². The molecule has 1 aromatic heterocycles. The first kappa shape index (κ1) is 13.8. The van der Waals surface area contributed by atoms with Crippen molar-refractivity contribution in [3.63, 3.8) is 0 Å². The summed E-state index contributed by atoms with van der Waals surface area (Å²) in [5, 5.41) is 3.58. The summed E-state index contributed by atoms with van der Waals surface area (Å²) in [5.41, 5.74) is 0. The normalized spacial score (nSPS) is 10.3. The number of anilines is 1. The first-order valence-corrected chi connectivity index (χ1v) is 6.25. The van der Waals surface area contributed by atoms with Crippen molar-refractivity contribution in [2.75, 3.05) is 11.9 Å². The van der Waals surface area contributed by atoms with Gasteiger partial charge in [0.15, 0.2) is 0 Å². The van der Waals surface area contributed by atoms with E-state index in [-0.39, 0.29) is 5.88 Å². The number of rotatable bonds is 4. The molecule has 100 valence electrons. The van der Waals surface area contributed by atoms with Crippen LogP contribution in [0.25, 0.3) is 0 Å². The molecule has 1 heterocycles. The second-order valence-corrected chi connectivity index (χ2v) is 4.37. The van der Waals surface area contributed by atoms with E-state index in [1.807, 2.05) is 6.92 Å². The van der Waals surface area contributed by atoms with Crippen LogP contribution < -0.4 is 10.1 Å². The summed E-state index contributed by atoms with van der Waals surface area (Å²) >= 11 is 11.6. The molecule has 1 aromatic carbocycles. The van der Waals surface area contributed by atoms with Gasteiger partial charge in [0, 0.05) is 12.6 Å². The molecule has 0 saturated carbocycles. The zero-order valence-corrected chi connectivity index (χ0v) is 11.5. The molecule has 7 heteroatoms. The van der Waals surface area contributed by atoms with Crippen LogP contribution in [0, 0.1) is 5.82 Å². The number of hydrogen-bond donors (Lipinski definition) is 1. The lowest BCUT2D eigenvalue weighted by atomic mass is 10.3. The largest absolute Gasteiger partial charge is 0.436 e. The van der Waals surface area contributed by atoms with Crippen LogP contribution >= 0.6 is 23.2 Å². The third kappa shape index (κ3) is 3.45. The molecule has 0 radical (unpaired) electrons. The van der Waals surface area contributed by atoms with Crippen LogP contribution in [0.3, 0.4) is 0 Å². The van der Waals surface area contributed by atoms with Crippen molar-refractivity contribution in [1.82, 2.24) is 9.97 Å². The molecule has 0 aliphatic heterocycles. The quantitative estimate of drug-likeness (QED) is 0.921. The molecule has 0 spiro atoms. The van der Waals surface area contributed by atoms with Gasteiger partial charge in [-0.25, -0.2) is 4.98 Å². The van der Waals surface area contributed by atoms with Crippen LogP contribution in [0.15, 0.2) is 24.4 Å². The summed E-state index contributed by atoms with van der Waals surface area (Å²) in [6.07, 6.45) is 1.04. The molecular formula is C12H10Cl2FN3O. The van der Waals surface area contributed by atoms with Crippen LogP contribution in [0.2, 0.25) is 10.0 Å². The summed E-state index contributed by atoms with van der Waals surface area (Å²) in [7, 11) is 0. The standard InChI is InChI=1S/C12H10Cl2FN3O/c1-2-16-12-17-6-10(15)11(18-12)19-7-3-4-8(13)9(14)5-7/h3-6H,2H2,1H3,(H,16,17,18). The maximum atomic E-state index is 13.5. The highest BCUT2D eigenvalue weighted by Gasteiger charge is 2.10. The fourth-order valence-electron chi connectivity index (χ4n) is 1.32. The molecule has 0 fully saturated rings. The SMILES string of the molecule is CCNc1ncc(F)c(Oc2ccc(Cl)c(Cl)c2)n1. The molecule has 2 aromatic rings. The van der Waals surface area contributed by atoms with E-state index < -0.39 is 5.82 Å². The van der Waals surface area contributed by atoms with Crippen molar-refractivity contribution in [3.05, 3.63) is 40.3 Å². The van der Waals surface area contributed by atoms with E-state index in [4.69, 9.17) is 27.9 Å². The topological polar surface area (TPSA) is 47.0 Å². The van der Waals surface area contributed by atoms with Crippen molar-refractivity contribution in [3.8, 4) is 11.6 Å². The number of ether oxygens (including phenoxy) is 1. The highest BCUT2D eigenvalue weighted by Crippen LogP contribution is 2.29. The minimum Gasteiger partial charge on any atom is -0.436 e. The van der Waals surface area contributed by atoms with Gasteiger partial charge >= 0.3 is 0 Å². The summed E-state index contributed by atoms with van der Waals surface area (Å²) in [5.74, 6) is -0.203. The van der Waals surface area contributed by atoms with Gasteiger partial charge in [0.2, 0.25) is 11.8 Å². The smallest absolute Gasteiger partial charge is 0.260 e. The van der Waals surface area contributed by atoms with E-state index in [1.54, 1.807) is 12.1 Å². The zero-order chi connectivity index (χ0) is 13.8. The van der Waals surface area contributed by atoms with Crippen LogP contribution in [-0.2, 0) is 0 Å². The second kappa shape index (κ2) is 6.04. The van der Waals surface area contributed by atoms with Gasteiger partial charge in [0.1, 0.15) is 5.75 Å². The van der Waals surface area contributed by atoms with Gasteiger partial charge in [-0.2, -0.15) is 9.37 Å². The van der Waals surface area contributed by atoms with Gasteiger partial charge in [-0.1, -0.05) is 23.2 Å². The summed E-state index contributed by atoms with van der Waals surface area (Å²) in [6, 6.07) is 4.62. The summed E-state index contributed by atoms with van der Waals surface area (Å²) in [4.78, 5) is 7.69. The number of hydrogen-bond acceptors (Lipinski definition) is 4. The molecule has 4 nitrogen and oxygen atoms in total. The lowest BCUT2D eigenvalue weighted by Gasteiger charge is -2.08. The van der Waals surface area contributed by atoms with Crippen molar-refractivity contribution in [1.29, 1.82) is 0 Å². The second-order valence-electron chi connectivity index (χ2n) is 3.56. The fourth-order valence-corrected chi connectivity index (χ4v) is 1.61. The molecule has 0 atom stereocenters. The molecule has 0 saturated heterocycles. The zero-order valence-electron chi connectivity index (χ0n) is 9.95. The Labute approximate surface area is 119 Å². The molecule has 0 amide bonds. The molecule has 1 N–H and O–H groups in total. The van der Waals surface area contributed by atoms with E-state index >= 15 is 0 Å². The lowest BCUT2D eigenvalue weighted by Crippen LogP contribution is -2.04. The Bertz CT molecular complexity index is 595. The average Bonchev–Trinajstić information content (AvgIpc) is 2.38. The maximum Gasteiger partial charge on any atom is 0.260 e. The molecular weight excluding hydrogens is 292 g/mol. The Morgan fingerprint density at radius 1 is 1.32 bits per heavy atom. The van der Waals surface area contributed by atoms with E-state index in [0.29, 0.717) is 28.3 Å². The minimum atomic E-state index is -0.660. The minimum absolute atomic E-state index is 0.177. The van der Waals surface area contributed by atoms with Gasteiger partial charge < -0.3 is 10.1 Å². The van der Waals surface area contributed by atoms with E-state index in [9.17, 15) is 4.39 Å². The van der Waals surface area contributed by atoms with Gasteiger partial charge in [0.25, 0.3) is 5.88 Å². The summed E-state index contributed by atoms with van der Waals surface area (Å²) in [6.45, 7) is 2.50. The molecule has 0 aliphatic carbocycles. The third-order valence-electron chi connectivity index (χ3n) is 2.15. The Kier molecular flexibility index (Phi) is 4.39. The van der Waals surface area contributed by atoms with Crippen LogP contribution in [0.1, 0.15) is 6.92 Å². The number of nitrogens with one attached hydrogen (secondary N) is 1. The number of halogens is 3. The van der Waals surface area contributed by atoms with Crippen LogP contribution in [-0.4, -0.2) is 16.5 Å². The van der Waals surface area contributed by atoms with Crippen molar-refractivity contribution in [2.24, 2.45) is 0 Å². The van der Waals surface area contributed by atoms with Crippen molar-refractivity contribution < 1.29 is 9.13 Å². The predicted octanol–water partition coefficient (Wildman–Crippen LogP) is 4.15. The Morgan fingerprint density at radius 2 is 2.11 bits per heavy atom. The van der Waals surface area contributed by atoms with Gasteiger partial charge in [-0.3, -0.25) is 0 Å². The van der Waals surface area contributed by atoms with Gasteiger partial charge in [-0.05, 0) is 19.1 Å². The number of nitrogens with zero attached hydrogens (tertiary/aromatic N) is 2. The molecule has 0 unspecified atom stereocenters. The molecule has 2 rings (SSSR count). The predicted molar refractivity (Wildman–Crippen MR) is 72.7 cm³/mol. The monoisotopic (exact) mass is 301 g/mol. The number of aromatic nitrogens is 2. The highest BCUT2D eigenvalue weighted by molar-refractivity contribution is 6.42. The van der Waals surface area contributed by atoms with Crippen molar-refractivity contribution in [2.45, 2.75) is 6.92 Å². The molecule has 0 bridgehead atoms. The first-order valence-electron chi connectivity index (χ1n) is 5.49. The average molecular weight is 302 g/mol. The molecule has 0 aliphatic rings. The summed E-state index contributed by atoms with van der Waals surface area (Å²) < 4.78 is 18.9. The third-order valence-corrected chi connectivity index (χ3v) is 2.89. The number of benzene rings is 1. The Morgan fingerprint density at radius 3 is 2.79 bits per heavy atom. The van der Waals surface area contributed by atoms with Crippen LogP contribution in [0.5, 0.6) is 11.6 Å². The van der Waals surface area contributed by atoms with Crippen LogP contribution in [0.4, 0.5) is 10.3 Å². The first-order chi connectivity index (χ1) is 9.10. The van der Waals surface area contributed by atoms with Crippen molar-refractivity contribution >= 4 is 29.2 Å². The lowest BCUT2D eigenvalue weighted by molar-refractivity contribution is 0.420. The van der Waals surface area contributed by atoms with E-state index in [0.717, 1.165) is 6.20 Å². The Balaban J connectivity index is 2.26. The Hall–Kier alpha value is -1.59. The van der Waals surface area contributed by atoms with Gasteiger partial charge in [-0.15, -0.1) is 0 Å².